The summed E-state index contributed by atoms with van der Waals surface area (Å²) in [5, 5.41) is 14.8. The van der Waals surface area contributed by atoms with Gasteiger partial charge in [0.25, 0.3) is 5.91 Å². The van der Waals surface area contributed by atoms with Gasteiger partial charge in [0.1, 0.15) is 0 Å². The van der Waals surface area contributed by atoms with Crippen LogP contribution < -0.4 is 10.6 Å². The zero-order valence-corrected chi connectivity index (χ0v) is 12.2. The average Bonchev–Trinajstić information content (AvgIpc) is 2.45. The van der Waals surface area contributed by atoms with E-state index < -0.39 is 5.54 Å². The van der Waals surface area contributed by atoms with E-state index in [2.05, 4.69) is 10.6 Å². The van der Waals surface area contributed by atoms with E-state index in [1.54, 1.807) is 31.2 Å². The lowest BCUT2D eigenvalue weighted by Gasteiger charge is -2.27. The molecule has 1 rings (SSSR count). The molecule has 0 aliphatic heterocycles. The normalized spacial score (nSPS) is 13.4. The number of hydrogen-bond acceptors (Lipinski definition) is 3. The molecule has 0 radical (unpaired) electrons. The van der Waals surface area contributed by atoms with Crippen LogP contribution in [-0.2, 0) is 11.3 Å². The maximum Gasteiger partial charge on any atom is 0.251 e. The Kier molecular flexibility index (Phi) is 5.70. The van der Waals surface area contributed by atoms with E-state index in [9.17, 15) is 14.7 Å². The van der Waals surface area contributed by atoms with E-state index >= 15 is 0 Å². The van der Waals surface area contributed by atoms with Crippen molar-refractivity contribution in [1.29, 1.82) is 0 Å². The third-order valence-corrected chi connectivity index (χ3v) is 3.30. The molecule has 5 heteroatoms. The predicted octanol–water partition coefficient (Wildman–Crippen LogP) is 1.21. The Morgan fingerprint density at radius 1 is 1.25 bits per heavy atom. The monoisotopic (exact) mass is 278 g/mol. The molecule has 0 saturated carbocycles. The second-order valence-corrected chi connectivity index (χ2v) is 5.13. The lowest BCUT2D eigenvalue weighted by Crippen LogP contribution is -2.48. The summed E-state index contributed by atoms with van der Waals surface area (Å²) in [5.74, 6) is -0.303. The van der Waals surface area contributed by atoms with E-state index in [1.165, 1.54) is 6.92 Å². The molecule has 110 valence electrons. The molecular formula is C15H22N2O3. The minimum absolute atomic E-state index is 0.0894. The van der Waals surface area contributed by atoms with Crippen molar-refractivity contribution in [3.63, 3.8) is 0 Å². The molecule has 1 atom stereocenters. The van der Waals surface area contributed by atoms with Gasteiger partial charge in [-0.25, -0.2) is 0 Å². The second-order valence-electron chi connectivity index (χ2n) is 5.13. The van der Waals surface area contributed by atoms with Crippen LogP contribution in [0.15, 0.2) is 24.3 Å². The first kappa shape index (κ1) is 16.2. The zero-order valence-electron chi connectivity index (χ0n) is 12.2. The summed E-state index contributed by atoms with van der Waals surface area (Å²) in [6.45, 7) is 5.52. The summed E-state index contributed by atoms with van der Waals surface area (Å²) in [5.41, 5.74) is 0.855. The highest BCUT2D eigenvalue weighted by Gasteiger charge is 2.23. The van der Waals surface area contributed by atoms with Crippen molar-refractivity contribution >= 4 is 11.8 Å². The third kappa shape index (κ3) is 4.66. The van der Waals surface area contributed by atoms with Crippen LogP contribution >= 0.6 is 0 Å². The van der Waals surface area contributed by atoms with Crippen molar-refractivity contribution in [3.05, 3.63) is 35.4 Å². The molecular weight excluding hydrogens is 256 g/mol. The van der Waals surface area contributed by atoms with Crippen molar-refractivity contribution in [3.8, 4) is 0 Å². The van der Waals surface area contributed by atoms with Gasteiger partial charge in [0, 0.05) is 19.0 Å². The van der Waals surface area contributed by atoms with Gasteiger partial charge >= 0.3 is 0 Å². The maximum absolute atomic E-state index is 12.1. The van der Waals surface area contributed by atoms with Gasteiger partial charge in [0.15, 0.2) is 0 Å². The van der Waals surface area contributed by atoms with Gasteiger partial charge in [-0.15, -0.1) is 0 Å². The Bertz CT molecular complexity index is 465. The maximum atomic E-state index is 12.1. The average molecular weight is 278 g/mol. The first-order valence-electron chi connectivity index (χ1n) is 6.67. The lowest BCUT2D eigenvalue weighted by molar-refractivity contribution is -0.119. The van der Waals surface area contributed by atoms with E-state index in [4.69, 9.17) is 0 Å². The molecule has 3 N–H and O–H groups in total. The van der Waals surface area contributed by atoms with Gasteiger partial charge in [-0.2, -0.15) is 0 Å². The Hall–Kier alpha value is -1.88. The Balaban J connectivity index is 2.68. The van der Waals surface area contributed by atoms with E-state index in [0.717, 1.165) is 5.56 Å². The van der Waals surface area contributed by atoms with Gasteiger partial charge in [-0.3, -0.25) is 9.59 Å². The second kappa shape index (κ2) is 7.05. The Morgan fingerprint density at radius 3 is 2.30 bits per heavy atom. The number of benzene rings is 1. The van der Waals surface area contributed by atoms with Crippen LogP contribution in [0.3, 0.4) is 0 Å². The van der Waals surface area contributed by atoms with Crippen LogP contribution in [0.25, 0.3) is 0 Å². The fourth-order valence-electron chi connectivity index (χ4n) is 1.59. The van der Waals surface area contributed by atoms with Gasteiger partial charge in [-0.1, -0.05) is 19.1 Å². The van der Waals surface area contributed by atoms with Crippen molar-refractivity contribution in [2.75, 3.05) is 6.61 Å². The summed E-state index contributed by atoms with van der Waals surface area (Å²) >= 11 is 0. The first-order valence-corrected chi connectivity index (χ1v) is 6.67. The zero-order chi connectivity index (χ0) is 15.2. The Labute approximate surface area is 119 Å². The molecule has 20 heavy (non-hydrogen) atoms. The van der Waals surface area contributed by atoms with Gasteiger partial charge in [0.05, 0.1) is 12.1 Å². The van der Waals surface area contributed by atoms with Crippen molar-refractivity contribution in [1.82, 2.24) is 10.6 Å². The molecule has 0 heterocycles. The quantitative estimate of drug-likeness (QED) is 0.732. The summed E-state index contributed by atoms with van der Waals surface area (Å²) in [4.78, 5) is 22.9. The van der Waals surface area contributed by atoms with Gasteiger partial charge < -0.3 is 15.7 Å². The molecule has 2 amide bonds. The number of rotatable bonds is 6. The smallest absolute Gasteiger partial charge is 0.251 e. The molecule has 1 aromatic rings. The van der Waals surface area contributed by atoms with Crippen molar-refractivity contribution < 1.29 is 14.7 Å². The summed E-state index contributed by atoms with van der Waals surface area (Å²) in [6, 6.07) is 7.01. The van der Waals surface area contributed by atoms with E-state index in [0.29, 0.717) is 18.5 Å². The molecule has 1 unspecified atom stereocenters. The molecule has 0 bridgehead atoms. The van der Waals surface area contributed by atoms with Crippen molar-refractivity contribution in [2.45, 2.75) is 39.3 Å². The Morgan fingerprint density at radius 2 is 1.85 bits per heavy atom. The van der Waals surface area contributed by atoms with E-state index in [1.807, 2.05) is 6.92 Å². The minimum Gasteiger partial charge on any atom is -0.394 e. The van der Waals surface area contributed by atoms with E-state index in [-0.39, 0.29) is 18.4 Å². The number of aliphatic hydroxyl groups is 1. The number of aliphatic hydroxyl groups excluding tert-OH is 1. The highest BCUT2D eigenvalue weighted by atomic mass is 16.3. The number of carbonyl (C=O) groups excluding carboxylic acids is 2. The van der Waals surface area contributed by atoms with Crippen LogP contribution in [0.5, 0.6) is 0 Å². The number of amides is 2. The fourth-order valence-corrected chi connectivity index (χ4v) is 1.59. The highest BCUT2D eigenvalue weighted by molar-refractivity contribution is 5.94. The summed E-state index contributed by atoms with van der Waals surface area (Å²) in [7, 11) is 0. The molecule has 5 nitrogen and oxygen atoms in total. The molecule has 1 aromatic carbocycles. The van der Waals surface area contributed by atoms with Crippen molar-refractivity contribution in [2.24, 2.45) is 0 Å². The molecule has 0 aromatic heterocycles. The van der Waals surface area contributed by atoms with Crippen LogP contribution in [0.2, 0.25) is 0 Å². The number of hydrogen-bond donors (Lipinski definition) is 3. The SMILES string of the molecule is CCC(C)(CO)NC(=O)c1ccc(CNC(C)=O)cc1. The molecule has 0 aliphatic rings. The largest absolute Gasteiger partial charge is 0.394 e. The fraction of sp³-hybridized carbons (Fsp3) is 0.467. The topological polar surface area (TPSA) is 78.4 Å². The standard InChI is InChI=1S/C15H22N2O3/c1-4-15(3,10-18)17-14(20)13-7-5-12(6-8-13)9-16-11(2)19/h5-8,18H,4,9-10H2,1-3H3,(H,16,19)(H,17,20). The minimum atomic E-state index is -0.605. The molecule has 0 saturated heterocycles. The highest BCUT2D eigenvalue weighted by Crippen LogP contribution is 2.11. The number of nitrogens with one attached hydrogen (secondary N) is 2. The van der Waals surface area contributed by atoms with Crippen LogP contribution in [0, 0.1) is 0 Å². The lowest BCUT2D eigenvalue weighted by atomic mass is 9.99. The number of carbonyl (C=O) groups is 2. The third-order valence-electron chi connectivity index (χ3n) is 3.30. The van der Waals surface area contributed by atoms with Crippen LogP contribution in [-0.4, -0.2) is 29.1 Å². The van der Waals surface area contributed by atoms with Gasteiger partial charge in [-0.05, 0) is 31.0 Å². The summed E-state index contributed by atoms with van der Waals surface area (Å²) in [6.07, 6.45) is 0.649. The molecule has 0 aliphatic carbocycles. The van der Waals surface area contributed by atoms with Crippen LogP contribution in [0.4, 0.5) is 0 Å². The first-order chi connectivity index (χ1) is 9.40. The predicted molar refractivity (Wildman–Crippen MR) is 77.2 cm³/mol. The summed E-state index contributed by atoms with van der Waals surface area (Å²) < 4.78 is 0. The molecule has 0 spiro atoms. The van der Waals surface area contributed by atoms with Crippen LogP contribution in [0.1, 0.15) is 43.1 Å². The molecule has 0 fully saturated rings. The van der Waals surface area contributed by atoms with Gasteiger partial charge in [0.2, 0.25) is 5.91 Å².